The van der Waals surface area contributed by atoms with Gasteiger partial charge in [-0.05, 0) is 27.4 Å². The van der Waals surface area contributed by atoms with Crippen molar-refractivity contribution in [3.63, 3.8) is 0 Å². The molecule has 7 heteroatoms. The topological polar surface area (TPSA) is 79.6 Å². The number of thiophene rings is 1. The molecule has 80 valence electrons. The van der Waals surface area contributed by atoms with Crippen molar-refractivity contribution in [2.75, 3.05) is 0 Å². The Morgan fingerprint density at radius 3 is 3.07 bits per heavy atom. The number of nitrogens with one attached hydrogen (secondary N) is 2. The predicted molar refractivity (Wildman–Crippen MR) is 62.2 cm³/mol. The first-order valence-electron chi connectivity index (χ1n) is 4.34. The first kappa shape index (κ1) is 10.7. The van der Waals surface area contributed by atoms with Crippen molar-refractivity contribution in [1.82, 2.24) is 20.6 Å². The molecule has 0 saturated carbocycles. The molecule has 15 heavy (non-hydrogen) atoms. The zero-order chi connectivity index (χ0) is 10.7. The van der Waals surface area contributed by atoms with Crippen LogP contribution in [0.3, 0.4) is 0 Å². The highest BCUT2D eigenvalue weighted by Gasteiger charge is 2.15. The number of nitrogens with zero attached hydrogens (tertiary/aromatic N) is 2. The number of hydrogen-bond acceptors (Lipinski definition) is 5. The monoisotopic (exact) mass is 287 g/mol. The average molecular weight is 288 g/mol. The van der Waals surface area contributed by atoms with Crippen molar-refractivity contribution in [3.8, 4) is 0 Å². The highest BCUT2D eigenvalue weighted by Crippen LogP contribution is 2.26. The molecule has 0 radical (unpaired) electrons. The fourth-order valence-corrected chi connectivity index (χ4v) is 2.83. The highest BCUT2D eigenvalue weighted by atomic mass is 79.9. The zero-order valence-electron chi connectivity index (χ0n) is 7.77. The third kappa shape index (κ3) is 2.43. The van der Waals surface area contributed by atoms with Gasteiger partial charge in [-0.2, -0.15) is 5.10 Å². The molecular weight excluding hydrogens is 278 g/mol. The van der Waals surface area contributed by atoms with Gasteiger partial charge in [0.1, 0.15) is 12.2 Å². The SMILES string of the molecule is NNC(Cc1sccc1Br)c1ncn[nH]1. The number of halogens is 1. The van der Waals surface area contributed by atoms with Crippen molar-refractivity contribution in [3.05, 3.63) is 32.9 Å². The van der Waals surface area contributed by atoms with Crippen LogP contribution in [0, 0.1) is 0 Å². The summed E-state index contributed by atoms with van der Waals surface area (Å²) in [5, 5.41) is 8.64. The van der Waals surface area contributed by atoms with Gasteiger partial charge in [-0.3, -0.25) is 10.9 Å². The molecule has 2 aromatic rings. The summed E-state index contributed by atoms with van der Waals surface area (Å²) in [6, 6.07) is 1.98. The second kappa shape index (κ2) is 4.84. The second-order valence-corrected chi connectivity index (χ2v) is 4.84. The first-order valence-corrected chi connectivity index (χ1v) is 6.01. The predicted octanol–water partition coefficient (Wildman–Crippen LogP) is 1.38. The molecule has 1 atom stereocenters. The summed E-state index contributed by atoms with van der Waals surface area (Å²) in [6.45, 7) is 0. The Balaban J connectivity index is 2.13. The summed E-state index contributed by atoms with van der Waals surface area (Å²) in [7, 11) is 0. The Hall–Kier alpha value is -0.760. The summed E-state index contributed by atoms with van der Waals surface area (Å²) in [5.41, 5.74) is 2.72. The van der Waals surface area contributed by atoms with Crippen LogP contribution >= 0.6 is 27.3 Å². The maximum atomic E-state index is 5.48. The van der Waals surface area contributed by atoms with Crippen molar-refractivity contribution in [2.45, 2.75) is 12.5 Å². The fourth-order valence-electron chi connectivity index (χ4n) is 1.27. The van der Waals surface area contributed by atoms with E-state index in [2.05, 4.69) is 36.5 Å². The molecule has 0 fully saturated rings. The van der Waals surface area contributed by atoms with E-state index < -0.39 is 0 Å². The number of rotatable bonds is 4. The van der Waals surface area contributed by atoms with Gasteiger partial charge in [0.15, 0.2) is 0 Å². The van der Waals surface area contributed by atoms with Gasteiger partial charge in [0.25, 0.3) is 0 Å². The summed E-state index contributed by atoms with van der Waals surface area (Å²) in [6.07, 6.45) is 2.26. The lowest BCUT2D eigenvalue weighted by Gasteiger charge is -2.11. The van der Waals surface area contributed by atoms with E-state index >= 15 is 0 Å². The standard InChI is InChI=1S/C8H10BrN5S/c9-5-1-2-15-7(5)3-6(13-10)8-11-4-12-14-8/h1-2,4,6,13H,3,10H2,(H,11,12,14). The fraction of sp³-hybridized carbons (Fsp3) is 0.250. The molecule has 0 amide bonds. The summed E-state index contributed by atoms with van der Waals surface area (Å²) < 4.78 is 1.10. The zero-order valence-corrected chi connectivity index (χ0v) is 10.2. The van der Waals surface area contributed by atoms with Gasteiger partial charge < -0.3 is 0 Å². The molecule has 0 aliphatic carbocycles. The Labute approximate surface area is 99.2 Å². The molecule has 5 nitrogen and oxygen atoms in total. The van der Waals surface area contributed by atoms with Gasteiger partial charge in [0.05, 0.1) is 6.04 Å². The molecule has 0 aliphatic rings. The Morgan fingerprint density at radius 1 is 1.67 bits per heavy atom. The van der Waals surface area contributed by atoms with Gasteiger partial charge in [-0.1, -0.05) is 0 Å². The van der Waals surface area contributed by atoms with Crippen molar-refractivity contribution >= 4 is 27.3 Å². The highest BCUT2D eigenvalue weighted by molar-refractivity contribution is 9.10. The lowest BCUT2D eigenvalue weighted by Crippen LogP contribution is -2.30. The van der Waals surface area contributed by atoms with E-state index in [-0.39, 0.29) is 6.04 Å². The van der Waals surface area contributed by atoms with E-state index in [4.69, 9.17) is 5.84 Å². The number of aromatic amines is 1. The molecule has 2 rings (SSSR count). The van der Waals surface area contributed by atoms with Crippen LogP contribution in [-0.2, 0) is 6.42 Å². The van der Waals surface area contributed by atoms with Crippen LogP contribution < -0.4 is 11.3 Å². The molecule has 0 saturated heterocycles. The van der Waals surface area contributed by atoms with E-state index in [9.17, 15) is 0 Å². The summed E-state index contributed by atoms with van der Waals surface area (Å²) in [5.74, 6) is 6.23. The Bertz CT molecular complexity index is 412. The van der Waals surface area contributed by atoms with Crippen LogP contribution in [0.4, 0.5) is 0 Å². The van der Waals surface area contributed by atoms with Gasteiger partial charge in [-0.25, -0.2) is 10.4 Å². The smallest absolute Gasteiger partial charge is 0.143 e. The van der Waals surface area contributed by atoms with Crippen molar-refractivity contribution in [1.29, 1.82) is 0 Å². The summed E-state index contributed by atoms with van der Waals surface area (Å²) >= 11 is 5.17. The third-order valence-electron chi connectivity index (χ3n) is 2.05. The first-order chi connectivity index (χ1) is 7.31. The normalized spacial score (nSPS) is 12.9. The Kier molecular flexibility index (Phi) is 3.47. The van der Waals surface area contributed by atoms with E-state index in [1.165, 1.54) is 11.2 Å². The molecule has 2 heterocycles. The van der Waals surface area contributed by atoms with E-state index in [1.54, 1.807) is 11.3 Å². The van der Waals surface area contributed by atoms with Crippen LogP contribution in [0.5, 0.6) is 0 Å². The quantitative estimate of drug-likeness (QED) is 0.586. The average Bonchev–Trinajstić information content (AvgIpc) is 2.86. The number of aromatic nitrogens is 3. The number of nitrogens with two attached hydrogens (primary N) is 1. The maximum Gasteiger partial charge on any atom is 0.143 e. The van der Waals surface area contributed by atoms with Crippen LogP contribution in [-0.4, -0.2) is 15.2 Å². The number of hydrazine groups is 1. The van der Waals surface area contributed by atoms with E-state index in [1.807, 2.05) is 11.4 Å². The maximum absolute atomic E-state index is 5.48. The lowest BCUT2D eigenvalue weighted by molar-refractivity contribution is 0.527. The van der Waals surface area contributed by atoms with Crippen molar-refractivity contribution < 1.29 is 0 Å². The van der Waals surface area contributed by atoms with Crippen molar-refractivity contribution in [2.24, 2.45) is 5.84 Å². The minimum absolute atomic E-state index is 0.0394. The molecule has 0 aromatic carbocycles. The largest absolute Gasteiger partial charge is 0.271 e. The van der Waals surface area contributed by atoms with Crippen LogP contribution in [0.2, 0.25) is 0 Å². The molecule has 2 aromatic heterocycles. The minimum Gasteiger partial charge on any atom is -0.271 e. The molecule has 1 unspecified atom stereocenters. The molecule has 4 N–H and O–H groups in total. The van der Waals surface area contributed by atoms with E-state index in [0.29, 0.717) is 0 Å². The minimum atomic E-state index is -0.0394. The number of hydrogen-bond donors (Lipinski definition) is 3. The lowest BCUT2D eigenvalue weighted by atomic mass is 10.2. The third-order valence-corrected chi connectivity index (χ3v) is 3.99. The molecule has 0 bridgehead atoms. The van der Waals surface area contributed by atoms with Gasteiger partial charge in [0, 0.05) is 15.8 Å². The number of H-pyrrole nitrogens is 1. The van der Waals surface area contributed by atoms with Crippen LogP contribution in [0.25, 0.3) is 0 Å². The molecular formula is C8H10BrN5S. The molecule has 0 aliphatic heterocycles. The van der Waals surface area contributed by atoms with Crippen LogP contribution in [0.15, 0.2) is 22.2 Å². The van der Waals surface area contributed by atoms with Gasteiger partial charge in [-0.15, -0.1) is 11.3 Å². The van der Waals surface area contributed by atoms with Gasteiger partial charge >= 0.3 is 0 Å². The second-order valence-electron chi connectivity index (χ2n) is 2.99. The van der Waals surface area contributed by atoms with Crippen LogP contribution in [0.1, 0.15) is 16.7 Å². The van der Waals surface area contributed by atoms with E-state index in [0.717, 1.165) is 16.7 Å². The molecule has 0 spiro atoms. The van der Waals surface area contributed by atoms with Gasteiger partial charge in [0.2, 0.25) is 0 Å². The summed E-state index contributed by atoms with van der Waals surface area (Å²) in [4.78, 5) is 5.31. The Morgan fingerprint density at radius 2 is 2.53 bits per heavy atom.